The van der Waals surface area contributed by atoms with Crippen molar-refractivity contribution >= 4 is 5.91 Å². The molecule has 0 bridgehead atoms. The van der Waals surface area contributed by atoms with Gasteiger partial charge in [0.2, 0.25) is 0 Å². The first kappa shape index (κ1) is 17.8. The zero-order chi connectivity index (χ0) is 16.8. The maximum Gasteiger partial charge on any atom is 0.255 e. The number of rotatable bonds is 6. The van der Waals surface area contributed by atoms with Gasteiger partial charge in [-0.05, 0) is 25.1 Å². The summed E-state index contributed by atoms with van der Waals surface area (Å²) in [6.07, 6.45) is 0. The Hall–Kier alpha value is -1.59. The molecule has 1 fully saturated rings. The van der Waals surface area contributed by atoms with Crippen molar-refractivity contribution in [2.45, 2.75) is 19.9 Å². The number of hydrogen-bond donors (Lipinski definition) is 1. The molecule has 0 spiro atoms. The minimum atomic E-state index is -0.0674. The highest BCUT2D eigenvalue weighted by Crippen LogP contribution is 2.18. The lowest BCUT2D eigenvalue weighted by molar-refractivity contribution is 0.0789. The van der Waals surface area contributed by atoms with E-state index in [0.29, 0.717) is 29.8 Å². The second-order valence-corrected chi connectivity index (χ2v) is 6.56. The van der Waals surface area contributed by atoms with Crippen LogP contribution < -0.4 is 10.1 Å². The quantitative estimate of drug-likeness (QED) is 0.867. The van der Waals surface area contributed by atoms with Crippen LogP contribution in [-0.2, 0) is 0 Å². The second-order valence-electron chi connectivity index (χ2n) is 6.56. The minimum absolute atomic E-state index is 0.0674. The number of nitrogens with one attached hydrogen (secondary N) is 1. The van der Waals surface area contributed by atoms with Crippen molar-refractivity contribution in [1.82, 2.24) is 15.1 Å². The molecular formula is C18H29N3O2. The SMILES string of the molecule is COc1ccccc1C(=O)NCC(C(C)C)N1CCN(C)CC1. The van der Waals surface area contributed by atoms with Crippen molar-refractivity contribution in [2.24, 2.45) is 5.92 Å². The van der Waals surface area contributed by atoms with Gasteiger partial charge in [-0.15, -0.1) is 0 Å². The molecule has 1 aliphatic heterocycles. The number of ether oxygens (including phenoxy) is 1. The Bertz CT molecular complexity index is 511. The van der Waals surface area contributed by atoms with Crippen molar-refractivity contribution in [1.29, 1.82) is 0 Å². The van der Waals surface area contributed by atoms with Crippen LogP contribution in [0.2, 0.25) is 0 Å². The molecule has 2 rings (SSSR count). The van der Waals surface area contributed by atoms with E-state index in [-0.39, 0.29) is 5.91 Å². The first-order valence-electron chi connectivity index (χ1n) is 8.36. The van der Waals surface area contributed by atoms with E-state index in [1.807, 2.05) is 18.2 Å². The van der Waals surface area contributed by atoms with Gasteiger partial charge < -0.3 is 15.0 Å². The standard InChI is InChI=1S/C18H29N3O2/c1-14(2)16(21-11-9-20(3)10-12-21)13-19-18(22)15-7-5-6-8-17(15)23-4/h5-8,14,16H,9-13H2,1-4H3,(H,19,22). The monoisotopic (exact) mass is 319 g/mol. The number of piperazine rings is 1. The van der Waals surface area contributed by atoms with E-state index >= 15 is 0 Å². The van der Waals surface area contributed by atoms with E-state index in [1.165, 1.54) is 0 Å². The molecule has 23 heavy (non-hydrogen) atoms. The van der Waals surface area contributed by atoms with Gasteiger partial charge in [0.25, 0.3) is 5.91 Å². The summed E-state index contributed by atoms with van der Waals surface area (Å²) in [5, 5.41) is 3.09. The highest BCUT2D eigenvalue weighted by atomic mass is 16.5. The average Bonchev–Trinajstić information content (AvgIpc) is 2.56. The van der Waals surface area contributed by atoms with Crippen LogP contribution in [0.15, 0.2) is 24.3 Å². The zero-order valence-electron chi connectivity index (χ0n) is 14.7. The van der Waals surface area contributed by atoms with Crippen LogP contribution in [0, 0.1) is 5.92 Å². The summed E-state index contributed by atoms with van der Waals surface area (Å²) in [6, 6.07) is 7.71. The van der Waals surface area contributed by atoms with Crippen molar-refractivity contribution in [2.75, 3.05) is 46.9 Å². The molecule has 0 radical (unpaired) electrons. The summed E-state index contributed by atoms with van der Waals surface area (Å²) in [5.41, 5.74) is 0.593. The summed E-state index contributed by atoms with van der Waals surface area (Å²) >= 11 is 0. The number of para-hydroxylation sites is 1. The third kappa shape index (κ3) is 4.69. The summed E-state index contributed by atoms with van der Waals surface area (Å²) in [6.45, 7) is 9.40. The maximum atomic E-state index is 12.5. The Morgan fingerprint density at radius 3 is 2.48 bits per heavy atom. The van der Waals surface area contributed by atoms with Crippen molar-refractivity contribution in [3.05, 3.63) is 29.8 Å². The van der Waals surface area contributed by atoms with E-state index in [0.717, 1.165) is 26.2 Å². The van der Waals surface area contributed by atoms with Crippen LogP contribution >= 0.6 is 0 Å². The Balaban J connectivity index is 1.97. The molecule has 1 saturated heterocycles. The van der Waals surface area contributed by atoms with Gasteiger partial charge >= 0.3 is 0 Å². The molecule has 1 N–H and O–H groups in total. The molecule has 0 aromatic heterocycles. The highest BCUT2D eigenvalue weighted by Gasteiger charge is 2.25. The normalized spacial score (nSPS) is 18.0. The van der Waals surface area contributed by atoms with Gasteiger partial charge in [-0.25, -0.2) is 0 Å². The Morgan fingerprint density at radius 2 is 1.87 bits per heavy atom. The molecule has 1 unspecified atom stereocenters. The Kier molecular flexibility index (Phi) is 6.42. The van der Waals surface area contributed by atoms with Gasteiger partial charge in [-0.3, -0.25) is 9.69 Å². The maximum absolute atomic E-state index is 12.5. The van der Waals surface area contributed by atoms with Crippen molar-refractivity contribution in [3.8, 4) is 5.75 Å². The highest BCUT2D eigenvalue weighted by molar-refractivity contribution is 5.96. The molecule has 128 valence electrons. The lowest BCUT2D eigenvalue weighted by Crippen LogP contribution is -2.54. The number of benzene rings is 1. The second kappa shape index (κ2) is 8.31. The zero-order valence-corrected chi connectivity index (χ0v) is 14.7. The van der Waals surface area contributed by atoms with Crippen LogP contribution in [0.5, 0.6) is 5.75 Å². The van der Waals surface area contributed by atoms with Gasteiger partial charge in [0.05, 0.1) is 12.7 Å². The molecule has 1 atom stereocenters. The lowest BCUT2D eigenvalue weighted by Gasteiger charge is -2.39. The average molecular weight is 319 g/mol. The van der Waals surface area contributed by atoms with E-state index < -0.39 is 0 Å². The number of methoxy groups -OCH3 is 1. The van der Waals surface area contributed by atoms with Crippen molar-refractivity contribution < 1.29 is 9.53 Å². The van der Waals surface area contributed by atoms with Crippen molar-refractivity contribution in [3.63, 3.8) is 0 Å². The molecule has 1 aliphatic rings. The third-order valence-electron chi connectivity index (χ3n) is 4.60. The van der Waals surface area contributed by atoms with Crippen LogP contribution in [-0.4, -0.2) is 68.6 Å². The smallest absolute Gasteiger partial charge is 0.255 e. The van der Waals surface area contributed by atoms with E-state index in [9.17, 15) is 4.79 Å². The summed E-state index contributed by atoms with van der Waals surface area (Å²) in [4.78, 5) is 17.3. The Morgan fingerprint density at radius 1 is 1.22 bits per heavy atom. The molecule has 1 heterocycles. The minimum Gasteiger partial charge on any atom is -0.496 e. The number of carbonyl (C=O) groups is 1. The van der Waals surface area contributed by atoms with E-state index in [4.69, 9.17) is 4.74 Å². The van der Waals surface area contributed by atoms with Gasteiger partial charge in [0, 0.05) is 38.8 Å². The lowest BCUT2D eigenvalue weighted by atomic mass is 10.0. The van der Waals surface area contributed by atoms with Crippen LogP contribution in [0.25, 0.3) is 0 Å². The number of likely N-dealkylation sites (N-methyl/N-ethyl adjacent to an activating group) is 1. The summed E-state index contributed by atoms with van der Waals surface area (Å²) in [7, 11) is 3.75. The topological polar surface area (TPSA) is 44.8 Å². The van der Waals surface area contributed by atoms with Gasteiger partial charge in [-0.2, -0.15) is 0 Å². The largest absolute Gasteiger partial charge is 0.496 e. The van der Waals surface area contributed by atoms with E-state index in [1.54, 1.807) is 13.2 Å². The molecule has 1 amide bonds. The van der Waals surface area contributed by atoms with Crippen LogP contribution in [0.1, 0.15) is 24.2 Å². The molecule has 0 saturated carbocycles. The number of carbonyl (C=O) groups excluding carboxylic acids is 1. The van der Waals surface area contributed by atoms with Crippen LogP contribution in [0.3, 0.4) is 0 Å². The molecule has 1 aromatic carbocycles. The van der Waals surface area contributed by atoms with Gasteiger partial charge in [-0.1, -0.05) is 26.0 Å². The molecular weight excluding hydrogens is 290 g/mol. The predicted octanol–water partition coefficient (Wildman–Crippen LogP) is 1.70. The fourth-order valence-corrected chi connectivity index (χ4v) is 3.06. The molecule has 5 heteroatoms. The number of hydrogen-bond acceptors (Lipinski definition) is 4. The van der Waals surface area contributed by atoms with Crippen LogP contribution in [0.4, 0.5) is 0 Å². The predicted molar refractivity (Wildman–Crippen MR) is 93.0 cm³/mol. The molecule has 1 aromatic rings. The molecule has 0 aliphatic carbocycles. The first-order chi connectivity index (χ1) is 11.0. The van der Waals surface area contributed by atoms with Gasteiger partial charge in [0.15, 0.2) is 0 Å². The van der Waals surface area contributed by atoms with E-state index in [2.05, 4.69) is 36.0 Å². The summed E-state index contributed by atoms with van der Waals surface area (Å²) < 4.78 is 5.27. The fraction of sp³-hybridized carbons (Fsp3) is 0.611. The third-order valence-corrected chi connectivity index (χ3v) is 4.60. The molecule has 5 nitrogen and oxygen atoms in total. The first-order valence-corrected chi connectivity index (χ1v) is 8.36. The fourth-order valence-electron chi connectivity index (χ4n) is 3.06. The van der Waals surface area contributed by atoms with Gasteiger partial charge in [0.1, 0.15) is 5.75 Å². The Labute approximate surface area is 139 Å². The number of amides is 1. The number of nitrogens with zero attached hydrogens (tertiary/aromatic N) is 2. The summed E-state index contributed by atoms with van der Waals surface area (Å²) in [5.74, 6) is 1.05.